The molecule has 26 heavy (non-hydrogen) atoms. The molecule has 2 heterocycles. The van der Waals surface area contributed by atoms with Crippen molar-refractivity contribution in [3.05, 3.63) is 35.9 Å². The van der Waals surface area contributed by atoms with Crippen LogP contribution in [0.3, 0.4) is 0 Å². The van der Waals surface area contributed by atoms with Crippen LogP contribution in [0.2, 0.25) is 0 Å². The molecule has 0 unspecified atom stereocenters. The van der Waals surface area contributed by atoms with Gasteiger partial charge in [0.15, 0.2) is 0 Å². The number of piperidine rings is 1. The summed E-state index contributed by atoms with van der Waals surface area (Å²) in [5.74, 6) is -3.36. The van der Waals surface area contributed by atoms with Gasteiger partial charge in [-0.15, -0.1) is 0 Å². The summed E-state index contributed by atoms with van der Waals surface area (Å²) in [7, 11) is 0. The average Bonchev–Trinajstić information content (AvgIpc) is 3.18. The van der Waals surface area contributed by atoms with Gasteiger partial charge in [0, 0.05) is 19.1 Å². The first-order chi connectivity index (χ1) is 12.5. The number of rotatable bonds is 3. The van der Waals surface area contributed by atoms with Crippen molar-refractivity contribution in [3.8, 4) is 0 Å². The van der Waals surface area contributed by atoms with E-state index in [1.807, 2.05) is 30.3 Å². The van der Waals surface area contributed by atoms with E-state index in [0.717, 1.165) is 37.5 Å². The fourth-order valence-corrected chi connectivity index (χ4v) is 3.47. The first kappa shape index (κ1) is 19.9. The Kier molecular flexibility index (Phi) is 7.59. The Bertz CT molecular complexity index is 594. The van der Waals surface area contributed by atoms with E-state index in [4.69, 9.17) is 19.8 Å². The molecule has 0 saturated carbocycles. The van der Waals surface area contributed by atoms with E-state index in [0.29, 0.717) is 6.42 Å². The Hall–Kier alpha value is -2.41. The van der Waals surface area contributed by atoms with Gasteiger partial charge in [-0.05, 0) is 44.3 Å². The molecule has 0 spiro atoms. The molecular weight excluding hydrogens is 336 g/mol. The lowest BCUT2D eigenvalue weighted by molar-refractivity contribution is -0.159. The van der Waals surface area contributed by atoms with Gasteiger partial charge in [0.25, 0.3) is 0 Å². The molecule has 0 aromatic heterocycles. The van der Waals surface area contributed by atoms with Gasteiger partial charge in [0.1, 0.15) is 0 Å². The van der Waals surface area contributed by atoms with Crippen molar-refractivity contribution in [1.29, 1.82) is 0 Å². The van der Waals surface area contributed by atoms with Crippen LogP contribution in [0.5, 0.6) is 0 Å². The zero-order valence-electron chi connectivity index (χ0n) is 14.8. The van der Waals surface area contributed by atoms with E-state index >= 15 is 0 Å². The minimum Gasteiger partial charge on any atom is -0.473 e. The normalized spacial score (nSPS) is 18.1. The van der Waals surface area contributed by atoms with E-state index in [-0.39, 0.29) is 5.91 Å². The standard InChI is InChI=1S/C17H24N2O.C2H2O4/c20-17(14-15-6-2-1-3-7-15)19-12-8-16(9-13-19)18-10-4-5-11-18;3-1(4)2(5)6/h1-3,6-7,16H,4-5,8-14H2;(H,3,4)(H,5,6). The molecule has 142 valence electrons. The van der Waals surface area contributed by atoms with Crippen molar-refractivity contribution >= 4 is 17.8 Å². The van der Waals surface area contributed by atoms with Crippen molar-refractivity contribution in [3.63, 3.8) is 0 Å². The molecule has 1 aromatic carbocycles. The Labute approximate surface area is 153 Å². The molecule has 1 aromatic rings. The molecular formula is C19H26N2O5. The predicted octanol–water partition coefficient (Wildman–Crippen LogP) is 1.47. The zero-order valence-corrected chi connectivity index (χ0v) is 14.8. The third-order valence-corrected chi connectivity index (χ3v) is 4.86. The third-order valence-electron chi connectivity index (χ3n) is 4.86. The van der Waals surface area contributed by atoms with E-state index in [9.17, 15) is 4.79 Å². The molecule has 3 rings (SSSR count). The summed E-state index contributed by atoms with van der Waals surface area (Å²) in [6, 6.07) is 10.8. The highest BCUT2D eigenvalue weighted by atomic mass is 16.4. The fraction of sp³-hybridized carbons (Fsp3) is 0.526. The minimum absolute atomic E-state index is 0.288. The molecule has 2 aliphatic rings. The summed E-state index contributed by atoms with van der Waals surface area (Å²) in [5.41, 5.74) is 1.12. The largest absolute Gasteiger partial charge is 0.473 e. The number of hydrogen-bond donors (Lipinski definition) is 2. The van der Waals surface area contributed by atoms with Gasteiger partial charge in [-0.3, -0.25) is 4.79 Å². The zero-order chi connectivity index (χ0) is 18.9. The molecule has 7 nitrogen and oxygen atoms in total. The van der Waals surface area contributed by atoms with Crippen LogP contribution in [0.25, 0.3) is 0 Å². The minimum atomic E-state index is -1.82. The molecule has 0 aliphatic carbocycles. The van der Waals surface area contributed by atoms with Crippen LogP contribution in [0.15, 0.2) is 30.3 Å². The summed E-state index contributed by atoms with van der Waals surface area (Å²) in [6.45, 7) is 4.41. The molecule has 2 saturated heterocycles. The maximum absolute atomic E-state index is 12.3. The number of nitrogens with zero attached hydrogens (tertiary/aromatic N) is 2. The van der Waals surface area contributed by atoms with Crippen molar-refractivity contribution in [1.82, 2.24) is 9.80 Å². The first-order valence-corrected chi connectivity index (χ1v) is 8.99. The Balaban J connectivity index is 0.000000352. The number of carboxylic acid groups (broad SMARTS) is 2. The molecule has 2 N–H and O–H groups in total. The first-order valence-electron chi connectivity index (χ1n) is 8.99. The van der Waals surface area contributed by atoms with Crippen LogP contribution in [0.4, 0.5) is 0 Å². The van der Waals surface area contributed by atoms with Gasteiger partial charge >= 0.3 is 11.9 Å². The highest BCUT2D eigenvalue weighted by molar-refractivity contribution is 6.27. The lowest BCUT2D eigenvalue weighted by Crippen LogP contribution is -2.46. The van der Waals surface area contributed by atoms with Gasteiger partial charge in [0.05, 0.1) is 6.42 Å². The van der Waals surface area contributed by atoms with Crippen LogP contribution < -0.4 is 0 Å². The second kappa shape index (κ2) is 9.91. The Morgan fingerprint density at radius 2 is 1.42 bits per heavy atom. The van der Waals surface area contributed by atoms with Gasteiger partial charge in [-0.25, -0.2) is 9.59 Å². The monoisotopic (exact) mass is 362 g/mol. The lowest BCUT2D eigenvalue weighted by Gasteiger charge is -2.36. The second-order valence-corrected chi connectivity index (χ2v) is 6.63. The molecule has 7 heteroatoms. The number of benzene rings is 1. The lowest BCUT2D eigenvalue weighted by atomic mass is 10.0. The summed E-state index contributed by atoms with van der Waals surface area (Å²) in [5, 5.41) is 14.8. The number of carbonyl (C=O) groups excluding carboxylic acids is 1. The van der Waals surface area contributed by atoms with Crippen LogP contribution >= 0.6 is 0 Å². The van der Waals surface area contributed by atoms with Crippen molar-refractivity contribution < 1.29 is 24.6 Å². The highest BCUT2D eigenvalue weighted by Crippen LogP contribution is 2.21. The molecule has 1 amide bonds. The van der Waals surface area contributed by atoms with Crippen LogP contribution in [0.1, 0.15) is 31.2 Å². The predicted molar refractivity (Wildman–Crippen MR) is 95.8 cm³/mol. The molecule has 2 fully saturated rings. The number of carbonyl (C=O) groups is 3. The number of amides is 1. The van der Waals surface area contributed by atoms with Gasteiger partial charge in [-0.1, -0.05) is 30.3 Å². The van der Waals surface area contributed by atoms with Crippen molar-refractivity contribution in [2.24, 2.45) is 0 Å². The number of aliphatic carboxylic acids is 2. The molecule has 0 bridgehead atoms. The van der Waals surface area contributed by atoms with E-state index in [2.05, 4.69) is 9.80 Å². The van der Waals surface area contributed by atoms with Gasteiger partial charge < -0.3 is 20.0 Å². The molecule has 0 radical (unpaired) electrons. The maximum atomic E-state index is 12.3. The average molecular weight is 362 g/mol. The summed E-state index contributed by atoms with van der Waals surface area (Å²) >= 11 is 0. The summed E-state index contributed by atoms with van der Waals surface area (Å²) in [6.07, 6.45) is 5.57. The molecule has 2 aliphatic heterocycles. The third kappa shape index (κ3) is 6.15. The van der Waals surface area contributed by atoms with Crippen molar-refractivity contribution in [2.45, 2.75) is 38.1 Å². The van der Waals surface area contributed by atoms with Crippen molar-refractivity contribution in [2.75, 3.05) is 26.2 Å². The number of likely N-dealkylation sites (tertiary alicyclic amines) is 2. The Morgan fingerprint density at radius 1 is 0.885 bits per heavy atom. The quantitative estimate of drug-likeness (QED) is 0.790. The van der Waals surface area contributed by atoms with Gasteiger partial charge in [0.2, 0.25) is 5.91 Å². The van der Waals surface area contributed by atoms with Gasteiger partial charge in [-0.2, -0.15) is 0 Å². The van der Waals surface area contributed by atoms with Crippen LogP contribution in [-0.4, -0.2) is 70.1 Å². The fourth-order valence-electron chi connectivity index (χ4n) is 3.47. The summed E-state index contributed by atoms with van der Waals surface area (Å²) in [4.78, 5) is 35.2. The number of carboxylic acids is 2. The second-order valence-electron chi connectivity index (χ2n) is 6.63. The topological polar surface area (TPSA) is 98.2 Å². The van der Waals surface area contributed by atoms with E-state index < -0.39 is 11.9 Å². The SMILES string of the molecule is O=C(Cc1ccccc1)N1CCC(N2CCCC2)CC1.O=C(O)C(=O)O. The number of hydrogen-bond acceptors (Lipinski definition) is 4. The van der Waals surface area contributed by atoms with Crippen LogP contribution in [0, 0.1) is 0 Å². The smallest absolute Gasteiger partial charge is 0.414 e. The molecule has 0 atom stereocenters. The highest BCUT2D eigenvalue weighted by Gasteiger charge is 2.28. The van der Waals surface area contributed by atoms with E-state index in [1.165, 1.54) is 25.9 Å². The maximum Gasteiger partial charge on any atom is 0.414 e. The van der Waals surface area contributed by atoms with Crippen LogP contribution in [-0.2, 0) is 20.8 Å². The Morgan fingerprint density at radius 3 is 1.92 bits per heavy atom. The summed E-state index contributed by atoms with van der Waals surface area (Å²) < 4.78 is 0. The van der Waals surface area contributed by atoms with E-state index in [1.54, 1.807) is 0 Å².